The second-order valence-electron chi connectivity index (χ2n) is 15.2. The molecular formula is C56H34. The van der Waals surface area contributed by atoms with E-state index in [0.717, 1.165) is 0 Å². The highest BCUT2D eigenvalue weighted by Gasteiger charge is 2.18. The van der Waals surface area contributed by atoms with E-state index in [1.807, 2.05) is 0 Å². The van der Waals surface area contributed by atoms with E-state index in [2.05, 4.69) is 206 Å². The van der Waals surface area contributed by atoms with E-state index in [0.29, 0.717) is 0 Å². The Balaban J connectivity index is 1.04. The van der Waals surface area contributed by atoms with Gasteiger partial charge >= 0.3 is 0 Å². The van der Waals surface area contributed by atoms with Crippen molar-refractivity contribution in [2.45, 2.75) is 0 Å². The molecule has 0 radical (unpaired) electrons. The fraction of sp³-hybridized carbons (Fsp3) is 0. The maximum absolute atomic E-state index is 2.38. The number of hydrogen-bond donors (Lipinski definition) is 0. The van der Waals surface area contributed by atoms with Crippen molar-refractivity contribution in [2.24, 2.45) is 0 Å². The Morgan fingerprint density at radius 3 is 1.16 bits per heavy atom. The van der Waals surface area contributed by atoms with Crippen LogP contribution in [0.15, 0.2) is 206 Å². The Morgan fingerprint density at radius 2 is 0.554 bits per heavy atom. The van der Waals surface area contributed by atoms with Crippen molar-refractivity contribution < 1.29 is 0 Å². The zero-order valence-electron chi connectivity index (χ0n) is 30.6. The van der Waals surface area contributed by atoms with Gasteiger partial charge in [0.15, 0.2) is 0 Å². The van der Waals surface area contributed by atoms with Crippen LogP contribution in [0.5, 0.6) is 0 Å². The summed E-state index contributed by atoms with van der Waals surface area (Å²) in [5.74, 6) is 0. The molecule has 0 fully saturated rings. The largest absolute Gasteiger partial charge is 0.0616 e. The molecule has 0 amide bonds. The summed E-state index contributed by atoms with van der Waals surface area (Å²) >= 11 is 0. The molecule has 12 aromatic rings. The second kappa shape index (κ2) is 12.1. The summed E-state index contributed by atoms with van der Waals surface area (Å²) in [5, 5.41) is 18.0. The van der Waals surface area contributed by atoms with Gasteiger partial charge in [-0.3, -0.25) is 0 Å². The minimum Gasteiger partial charge on any atom is -0.0616 e. The molecule has 258 valence electrons. The van der Waals surface area contributed by atoms with Gasteiger partial charge in [-0.15, -0.1) is 0 Å². The van der Waals surface area contributed by atoms with Gasteiger partial charge in [-0.05, 0) is 132 Å². The quantitative estimate of drug-likeness (QED) is 0.160. The molecule has 0 aromatic heterocycles. The maximum Gasteiger partial charge on any atom is -0.00203 e. The average molecular weight is 707 g/mol. The molecule has 0 saturated carbocycles. The van der Waals surface area contributed by atoms with Gasteiger partial charge in [-0.1, -0.05) is 194 Å². The zero-order valence-corrected chi connectivity index (χ0v) is 30.6. The van der Waals surface area contributed by atoms with Crippen LogP contribution in [0.1, 0.15) is 0 Å². The molecule has 0 unspecified atom stereocenters. The van der Waals surface area contributed by atoms with Crippen molar-refractivity contribution in [3.63, 3.8) is 0 Å². The summed E-state index contributed by atoms with van der Waals surface area (Å²) < 4.78 is 0. The summed E-state index contributed by atoms with van der Waals surface area (Å²) in [4.78, 5) is 0. The van der Waals surface area contributed by atoms with Crippen LogP contribution in [0.3, 0.4) is 0 Å². The van der Waals surface area contributed by atoms with Crippen molar-refractivity contribution >= 4 is 75.4 Å². The smallest absolute Gasteiger partial charge is 0.00203 e. The lowest BCUT2D eigenvalue weighted by molar-refractivity contribution is 1.62. The van der Waals surface area contributed by atoms with E-state index in [1.165, 1.54) is 120 Å². The molecular weight excluding hydrogens is 673 g/mol. The highest BCUT2D eigenvalue weighted by atomic mass is 14.2. The van der Waals surface area contributed by atoms with Crippen LogP contribution in [-0.2, 0) is 0 Å². The molecule has 0 aliphatic rings. The van der Waals surface area contributed by atoms with Gasteiger partial charge in [-0.25, -0.2) is 0 Å². The Hall–Kier alpha value is -7.28. The number of benzene rings is 12. The van der Waals surface area contributed by atoms with Gasteiger partial charge in [0.1, 0.15) is 0 Å². The molecule has 0 heterocycles. The molecule has 0 saturated heterocycles. The third kappa shape index (κ3) is 4.66. The Morgan fingerprint density at radius 1 is 0.179 bits per heavy atom. The fourth-order valence-electron chi connectivity index (χ4n) is 9.56. The van der Waals surface area contributed by atoms with Crippen LogP contribution in [0.2, 0.25) is 0 Å². The highest BCUT2D eigenvalue weighted by Crippen LogP contribution is 2.46. The molecule has 56 heavy (non-hydrogen) atoms. The third-order valence-corrected chi connectivity index (χ3v) is 12.2. The minimum atomic E-state index is 1.23. The van der Waals surface area contributed by atoms with E-state index >= 15 is 0 Å². The topological polar surface area (TPSA) is 0 Å². The maximum atomic E-state index is 2.38. The number of rotatable bonds is 4. The van der Waals surface area contributed by atoms with Crippen molar-refractivity contribution in [1.82, 2.24) is 0 Å². The van der Waals surface area contributed by atoms with Gasteiger partial charge in [0, 0.05) is 0 Å². The standard InChI is InChI=1S/C56H34/c1-3-11-43-35(9-1)19-21-40-33-41(27-28-47(40)43)45-13-5-7-15-48(45)50-29-23-38-26-32-53-51(30-24-39-25-31-52(50)55(38)56(39)53)49-16-8-6-14-46(49)42-22-20-37-18-17-36-10-2-4-12-44(36)54(37)34-42/h1-34H. The normalized spacial score (nSPS) is 11.9. The summed E-state index contributed by atoms with van der Waals surface area (Å²) in [6.07, 6.45) is 0. The Labute approximate surface area is 324 Å². The average Bonchev–Trinajstić information content (AvgIpc) is 3.27. The lowest BCUT2D eigenvalue weighted by Crippen LogP contribution is -1.92. The number of hydrogen-bond acceptors (Lipinski definition) is 0. The third-order valence-electron chi connectivity index (χ3n) is 12.2. The van der Waals surface area contributed by atoms with Gasteiger partial charge in [0.25, 0.3) is 0 Å². The van der Waals surface area contributed by atoms with Crippen molar-refractivity contribution in [1.29, 1.82) is 0 Å². The molecule has 0 bridgehead atoms. The first-order chi connectivity index (χ1) is 27.8. The summed E-state index contributed by atoms with van der Waals surface area (Å²) in [7, 11) is 0. The zero-order chi connectivity index (χ0) is 36.7. The van der Waals surface area contributed by atoms with E-state index in [1.54, 1.807) is 0 Å². The Kier molecular flexibility index (Phi) is 6.73. The lowest BCUT2D eigenvalue weighted by atomic mass is 9.84. The molecule has 0 N–H and O–H groups in total. The first-order valence-corrected chi connectivity index (χ1v) is 19.5. The molecule has 12 rings (SSSR count). The van der Waals surface area contributed by atoms with E-state index in [-0.39, 0.29) is 0 Å². The van der Waals surface area contributed by atoms with Gasteiger partial charge < -0.3 is 0 Å². The summed E-state index contributed by atoms with van der Waals surface area (Å²) in [6.45, 7) is 0. The van der Waals surface area contributed by atoms with Crippen LogP contribution in [-0.4, -0.2) is 0 Å². The SMILES string of the molecule is c1ccc(-c2ccc3ccc4c(-c5ccccc5-c5ccc6ccc7ccccc7c6c5)ccc5ccc2c3c54)c(-c2ccc3c(ccc4ccccc43)c2)c1. The molecule has 12 aromatic carbocycles. The molecule has 0 heteroatoms. The van der Waals surface area contributed by atoms with Crippen molar-refractivity contribution in [2.75, 3.05) is 0 Å². The molecule has 0 atom stereocenters. The van der Waals surface area contributed by atoms with Crippen LogP contribution in [0, 0.1) is 0 Å². The predicted octanol–water partition coefficient (Wildman–Crippen LogP) is 15.9. The van der Waals surface area contributed by atoms with Crippen LogP contribution in [0.25, 0.3) is 120 Å². The van der Waals surface area contributed by atoms with Crippen LogP contribution >= 0.6 is 0 Å². The van der Waals surface area contributed by atoms with Gasteiger partial charge in [0.05, 0.1) is 0 Å². The molecule has 0 nitrogen and oxygen atoms in total. The first-order valence-electron chi connectivity index (χ1n) is 19.5. The minimum absolute atomic E-state index is 1.23. The molecule has 0 aliphatic carbocycles. The Bertz CT molecular complexity index is 3530. The highest BCUT2D eigenvalue weighted by molar-refractivity contribution is 6.28. The predicted molar refractivity (Wildman–Crippen MR) is 242 cm³/mol. The van der Waals surface area contributed by atoms with E-state index in [9.17, 15) is 0 Å². The van der Waals surface area contributed by atoms with Gasteiger partial charge in [0.2, 0.25) is 0 Å². The summed E-state index contributed by atoms with van der Waals surface area (Å²) in [5.41, 5.74) is 9.97. The van der Waals surface area contributed by atoms with Crippen molar-refractivity contribution in [3.05, 3.63) is 206 Å². The van der Waals surface area contributed by atoms with E-state index in [4.69, 9.17) is 0 Å². The second-order valence-corrected chi connectivity index (χ2v) is 15.2. The van der Waals surface area contributed by atoms with Crippen LogP contribution in [0.4, 0.5) is 0 Å². The van der Waals surface area contributed by atoms with Crippen molar-refractivity contribution in [3.8, 4) is 44.5 Å². The molecule has 0 aliphatic heterocycles. The fourth-order valence-corrected chi connectivity index (χ4v) is 9.56. The number of fused-ring (bicyclic) bond motifs is 6. The molecule has 0 spiro atoms. The summed E-state index contributed by atoms with van der Waals surface area (Å²) in [6, 6.07) is 76.7. The van der Waals surface area contributed by atoms with Gasteiger partial charge in [-0.2, -0.15) is 0 Å². The van der Waals surface area contributed by atoms with Crippen LogP contribution < -0.4 is 0 Å². The van der Waals surface area contributed by atoms with E-state index < -0.39 is 0 Å². The monoisotopic (exact) mass is 706 g/mol. The first kappa shape index (κ1) is 31.1. The lowest BCUT2D eigenvalue weighted by Gasteiger charge is -2.19.